The molecular weight excluding hydrogens is 382 g/mol. The standard InChI is InChI=1S/C20H15NO6S/c22-17(12-18(23)20(24)25)14-7-3-8-15(11-14)21-28(26,27)19-10-4-6-13-5-1-2-9-16(13)19/h1-12,21-22H,(H,24,25). The van der Waals surface area contributed by atoms with E-state index in [1.54, 1.807) is 30.3 Å². The van der Waals surface area contributed by atoms with Gasteiger partial charge >= 0.3 is 5.97 Å². The monoisotopic (exact) mass is 397 g/mol. The second-order valence-electron chi connectivity index (χ2n) is 5.86. The summed E-state index contributed by atoms with van der Waals surface area (Å²) in [6.07, 6.45) is 0.556. The van der Waals surface area contributed by atoms with Crippen LogP contribution in [0.2, 0.25) is 0 Å². The molecule has 0 spiro atoms. The number of carboxylic acid groups (broad SMARTS) is 1. The molecule has 0 aliphatic carbocycles. The third kappa shape index (κ3) is 4.02. The number of carbonyl (C=O) groups is 2. The van der Waals surface area contributed by atoms with Crippen LogP contribution in [0.15, 0.2) is 77.7 Å². The van der Waals surface area contributed by atoms with Crippen LogP contribution >= 0.6 is 0 Å². The lowest BCUT2D eigenvalue weighted by molar-refractivity contribution is -0.146. The number of rotatable bonds is 6. The molecule has 0 amide bonds. The topological polar surface area (TPSA) is 121 Å². The van der Waals surface area contributed by atoms with E-state index in [1.807, 2.05) is 6.07 Å². The Kier molecular flexibility index (Phi) is 5.14. The highest BCUT2D eigenvalue weighted by Gasteiger charge is 2.18. The largest absolute Gasteiger partial charge is 0.507 e. The predicted octanol–water partition coefficient (Wildman–Crippen LogP) is 3.19. The lowest BCUT2D eigenvalue weighted by Gasteiger charge is -2.11. The Morgan fingerprint density at radius 3 is 2.32 bits per heavy atom. The number of aliphatic hydroxyl groups excluding tert-OH is 1. The normalized spacial score (nSPS) is 11.9. The molecule has 8 heteroatoms. The molecule has 3 aromatic carbocycles. The van der Waals surface area contributed by atoms with Crippen molar-refractivity contribution in [3.63, 3.8) is 0 Å². The second kappa shape index (κ2) is 7.53. The zero-order valence-corrected chi connectivity index (χ0v) is 15.2. The summed E-state index contributed by atoms with van der Waals surface area (Å²) in [6.45, 7) is 0. The van der Waals surface area contributed by atoms with E-state index in [9.17, 15) is 23.1 Å². The summed E-state index contributed by atoms with van der Waals surface area (Å²) in [5, 5.41) is 19.9. The van der Waals surface area contributed by atoms with Crippen LogP contribution in [0.5, 0.6) is 0 Å². The Morgan fingerprint density at radius 2 is 1.57 bits per heavy atom. The van der Waals surface area contributed by atoms with Crippen molar-refractivity contribution in [3.8, 4) is 0 Å². The minimum absolute atomic E-state index is 0.0905. The van der Waals surface area contributed by atoms with Crippen LogP contribution in [0.1, 0.15) is 5.56 Å². The highest BCUT2D eigenvalue weighted by molar-refractivity contribution is 7.93. The molecule has 0 fully saturated rings. The Balaban J connectivity index is 1.95. The predicted molar refractivity (Wildman–Crippen MR) is 104 cm³/mol. The molecule has 28 heavy (non-hydrogen) atoms. The van der Waals surface area contributed by atoms with Crippen molar-refractivity contribution in [2.45, 2.75) is 4.90 Å². The maximum Gasteiger partial charge on any atom is 0.376 e. The molecule has 0 radical (unpaired) electrons. The van der Waals surface area contributed by atoms with Gasteiger partial charge in [-0.2, -0.15) is 0 Å². The van der Waals surface area contributed by atoms with Crippen LogP contribution in [0.3, 0.4) is 0 Å². The number of aliphatic hydroxyl groups is 1. The van der Waals surface area contributed by atoms with Crippen LogP contribution in [0.25, 0.3) is 16.5 Å². The minimum Gasteiger partial charge on any atom is -0.507 e. The number of benzene rings is 3. The minimum atomic E-state index is -3.93. The van der Waals surface area contributed by atoms with Crippen molar-refractivity contribution in [1.82, 2.24) is 0 Å². The first kappa shape index (κ1) is 19.1. The third-order valence-corrected chi connectivity index (χ3v) is 5.37. The maximum absolute atomic E-state index is 12.8. The second-order valence-corrected chi connectivity index (χ2v) is 7.51. The third-order valence-electron chi connectivity index (χ3n) is 3.93. The molecule has 7 nitrogen and oxygen atoms in total. The SMILES string of the molecule is O=C(O)C(=O)C=C(O)c1cccc(NS(=O)(=O)c2cccc3ccccc23)c1. The number of carboxylic acids is 1. The van der Waals surface area contributed by atoms with Gasteiger partial charge in [0.15, 0.2) is 0 Å². The van der Waals surface area contributed by atoms with E-state index < -0.39 is 27.5 Å². The summed E-state index contributed by atoms with van der Waals surface area (Å²) in [5.74, 6) is -3.59. The number of sulfonamides is 1. The zero-order valence-electron chi connectivity index (χ0n) is 14.4. The zero-order chi connectivity index (χ0) is 20.3. The van der Waals surface area contributed by atoms with E-state index in [2.05, 4.69) is 4.72 Å². The first-order chi connectivity index (χ1) is 13.3. The van der Waals surface area contributed by atoms with Crippen LogP contribution in [0.4, 0.5) is 5.69 Å². The van der Waals surface area contributed by atoms with Crippen molar-refractivity contribution in [2.24, 2.45) is 0 Å². The maximum atomic E-state index is 12.8. The molecule has 0 saturated heterocycles. The summed E-state index contributed by atoms with van der Waals surface area (Å²) in [7, 11) is -3.93. The summed E-state index contributed by atoms with van der Waals surface area (Å²) in [4.78, 5) is 21.9. The first-order valence-corrected chi connectivity index (χ1v) is 9.55. The first-order valence-electron chi connectivity index (χ1n) is 8.07. The van der Waals surface area contributed by atoms with E-state index in [4.69, 9.17) is 5.11 Å². The van der Waals surface area contributed by atoms with Crippen LogP contribution in [0, 0.1) is 0 Å². The molecular formula is C20H15NO6S. The Bertz CT molecular complexity index is 1210. The van der Waals surface area contributed by atoms with E-state index in [0.717, 1.165) is 5.39 Å². The lowest BCUT2D eigenvalue weighted by Crippen LogP contribution is -2.13. The number of aliphatic carboxylic acids is 1. The molecule has 0 aliphatic heterocycles. The van der Waals surface area contributed by atoms with Crippen LogP contribution < -0.4 is 4.72 Å². The van der Waals surface area contributed by atoms with E-state index in [-0.39, 0.29) is 16.1 Å². The summed E-state index contributed by atoms with van der Waals surface area (Å²) in [5.41, 5.74) is 0.237. The number of nitrogens with one attached hydrogen (secondary N) is 1. The Labute approximate surface area is 160 Å². The molecule has 0 atom stereocenters. The van der Waals surface area contributed by atoms with Gasteiger partial charge in [0.2, 0.25) is 0 Å². The molecule has 3 N–H and O–H groups in total. The molecule has 0 unspecified atom stereocenters. The van der Waals surface area contributed by atoms with Gasteiger partial charge in [0.05, 0.1) is 4.90 Å². The fourth-order valence-corrected chi connectivity index (χ4v) is 3.93. The number of hydrogen-bond acceptors (Lipinski definition) is 5. The highest BCUT2D eigenvalue weighted by Crippen LogP contribution is 2.26. The van der Waals surface area contributed by atoms with Gasteiger partial charge in [-0.05, 0) is 23.6 Å². The van der Waals surface area contributed by atoms with Gasteiger partial charge in [0, 0.05) is 22.7 Å². The van der Waals surface area contributed by atoms with Gasteiger partial charge in [-0.15, -0.1) is 0 Å². The van der Waals surface area contributed by atoms with Gasteiger partial charge in [-0.3, -0.25) is 9.52 Å². The van der Waals surface area contributed by atoms with Crippen molar-refractivity contribution in [2.75, 3.05) is 4.72 Å². The fraction of sp³-hybridized carbons (Fsp3) is 0. The smallest absolute Gasteiger partial charge is 0.376 e. The summed E-state index contributed by atoms with van der Waals surface area (Å²) < 4.78 is 28.1. The number of ketones is 1. The van der Waals surface area contributed by atoms with Crippen molar-refractivity contribution in [1.29, 1.82) is 0 Å². The van der Waals surface area contributed by atoms with Gasteiger partial charge < -0.3 is 10.2 Å². The van der Waals surface area contributed by atoms with E-state index >= 15 is 0 Å². The summed E-state index contributed by atoms with van der Waals surface area (Å²) >= 11 is 0. The Hall–Kier alpha value is -3.65. The number of hydrogen-bond donors (Lipinski definition) is 3. The fourth-order valence-electron chi connectivity index (χ4n) is 2.65. The van der Waals surface area contributed by atoms with Gasteiger partial charge in [0.25, 0.3) is 15.8 Å². The van der Waals surface area contributed by atoms with Crippen molar-refractivity contribution in [3.05, 3.63) is 78.4 Å². The van der Waals surface area contributed by atoms with Crippen LogP contribution in [-0.4, -0.2) is 30.4 Å². The van der Waals surface area contributed by atoms with Gasteiger partial charge in [0.1, 0.15) is 5.76 Å². The molecule has 3 rings (SSSR count). The molecule has 0 aromatic heterocycles. The van der Waals surface area contributed by atoms with Crippen molar-refractivity contribution >= 4 is 44.0 Å². The molecule has 0 bridgehead atoms. The number of fused-ring (bicyclic) bond motifs is 1. The molecule has 0 heterocycles. The average molecular weight is 397 g/mol. The van der Waals surface area contributed by atoms with E-state index in [0.29, 0.717) is 11.5 Å². The molecule has 142 valence electrons. The van der Waals surface area contributed by atoms with Gasteiger partial charge in [-0.1, -0.05) is 48.5 Å². The number of carbonyl (C=O) groups excluding carboxylic acids is 1. The Morgan fingerprint density at radius 1 is 0.893 bits per heavy atom. The summed E-state index contributed by atoms with van der Waals surface area (Å²) in [6, 6.07) is 17.6. The highest BCUT2D eigenvalue weighted by atomic mass is 32.2. The molecule has 0 saturated carbocycles. The van der Waals surface area contributed by atoms with Crippen molar-refractivity contribution < 1.29 is 28.2 Å². The number of anilines is 1. The molecule has 3 aromatic rings. The van der Waals surface area contributed by atoms with Crippen LogP contribution in [-0.2, 0) is 19.6 Å². The molecule has 0 aliphatic rings. The lowest BCUT2D eigenvalue weighted by atomic mass is 10.1. The average Bonchev–Trinajstić information content (AvgIpc) is 2.67. The quantitative estimate of drug-likeness (QED) is 0.334. The van der Waals surface area contributed by atoms with E-state index in [1.165, 1.54) is 30.3 Å². The van der Waals surface area contributed by atoms with Gasteiger partial charge in [-0.25, -0.2) is 13.2 Å².